The maximum Gasteiger partial charge on any atom is 0.337 e. The van der Waals surface area contributed by atoms with Crippen LogP contribution in [-0.4, -0.2) is 28.7 Å². The van der Waals surface area contributed by atoms with Gasteiger partial charge in [-0.3, -0.25) is 9.48 Å². The minimum absolute atomic E-state index is 0.201. The average Bonchev–Trinajstić information content (AvgIpc) is 3.35. The van der Waals surface area contributed by atoms with E-state index < -0.39 is 5.97 Å². The van der Waals surface area contributed by atoms with E-state index in [2.05, 4.69) is 4.99 Å². The lowest BCUT2D eigenvalue weighted by molar-refractivity contribution is 0.0600. The quantitative estimate of drug-likeness (QED) is 0.360. The highest BCUT2D eigenvalue weighted by Crippen LogP contribution is 2.23. The highest BCUT2D eigenvalue weighted by Gasteiger charge is 2.15. The number of hydrogen-bond acceptors (Lipinski definition) is 5. The summed E-state index contributed by atoms with van der Waals surface area (Å²) in [6.07, 6.45) is 1.53. The van der Waals surface area contributed by atoms with Crippen LogP contribution in [0.5, 0.6) is 0 Å². The molecular weight excluding hydrogens is 394 g/mol. The third-order valence-corrected chi connectivity index (χ3v) is 5.06. The molecule has 0 unspecified atom stereocenters. The number of aliphatic imine (C=N–C) groups is 1. The highest BCUT2D eigenvalue weighted by atomic mass is 16.5. The molecule has 7 nitrogen and oxygen atoms in total. The first-order chi connectivity index (χ1) is 15.0. The van der Waals surface area contributed by atoms with Gasteiger partial charge in [0.15, 0.2) is 5.69 Å². The first-order valence-electron chi connectivity index (χ1n) is 9.66. The number of ether oxygens (including phenoxy) is 1. The molecule has 0 aliphatic rings. The molecular formula is C24H21N3O4. The second-order valence-corrected chi connectivity index (χ2v) is 6.94. The predicted octanol–water partition coefficient (Wildman–Crippen LogP) is 4.28. The summed E-state index contributed by atoms with van der Waals surface area (Å²) in [6.45, 7) is 1.85. The van der Waals surface area contributed by atoms with Gasteiger partial charge < -0.3 is 9.15 Å². The van der Waals surface area contributed by atoms with Crippen molar-refractivity contribution in [2.24, 2.45) is 12.0 Å². The van der Waals surface area contributed by atoms with Gasteiger partial charge in [-0.1, -0.05) is 30.3 Å². The lowest BCUT2D eigenvalue weighted by Crippen LogP contribution is -2.19. The van der Waals surface area contributed by atoms with Crippen molar-refractivity contribution in [2.45, 2.75) is 6.92 Å². The summed E-state index contributed by atoms with van der Waals surface area (Å²) in [6, 6.07) is 19.9. The van der Waals surface area contributed by atoms with Gasteiger partial charge >= 0.3 is 5.97 Å². The molecule has 2 aromatic heterocycles. The third kappa shape index (κ3) is 3.85. The summed E-state index contributed by atoms with van der Waals surface area (Å²) < 4.78 is 13.9. The summed E-state index contributed by atoms with van der Waals surface area (Å²) in [7, 11) is 3.17. The fourth-order valence-electron chi connectivity index (χ4n) is 3.30. The smallest absolute Gasteiger partial charge is 0.337 e. The zero-order valence-electron chi connectivity index (χ0n) is 17.4. The molecule has 0 atom stereocenters. The van der Waals surface area contributed by atoms with Crippen molar-refractivity contribution in [1.82, 2.24) is 9.36 Å². The van der Waals surface area contributed by atoms with Crippen LogP contribution >= 0.6 is 0 Å². The number of para-hydroxylation sites is 1. The summed E-state index contributed by atoms with van der Waals surface area (Å²) in [5, 5.41) is 0. The van der Waals surface area contributed by atoms with Gasteiger partial charge in [-0.15, -0.1) is 0 Å². The Morgan fingerprint density at radius 2 is 1.74 bits per heavy atom. The second-order valence-electron chi connectivity index (χ2n) is 6.94. The lowest BCUT2D eigenvalue weighted by atomic mass is 10.1. The molecule has 2 aromatic carbocycles. The van der Waals surface area contributed by atoms with E-state index >= 15 is 0 Å². The number of nitrogens with zero attached hydrogens (tertiary/aromatic N) is 3. The fourth-order valence-corrected chi connectivity index (χ4v) is 3.30. The SMILES string of the molecule is COC(=O)c1ccc(-c2ccc(C=Nc3c(C)n(C)n(-c4ccccc4)c3=O)o2)cc1. The largest absolute Gasteiger partial charge is 0.465 e. The zero-order valence-corrected chi connectivity index (χ0v) is 17.4. The van der Waals surface area contributed by atoms with Crippen LogP contribution in [0.3, 0.4) is 0 Å². The van der Waals surface area contributed by atoms with Gasteiger partial charge in [0.2, 0.25) is 0 Å². The summed E-state index contributed by atoms with van der Waals surface area (Å²) in [4.78, 5) is 28.9. The van der Waals surface area contributed by atoms with Gasteiger partial charge in [-0.25, -0.2) is 14.5 Å². The molecule has 4 aromatic rings. The van der Waals surface area contributed by atoms with Crippen LogP contribution < -0.4 is 5.56 Å². The molecule has 4 rings (SSSR count). The molecule has 0 spiro atoms. The van der Waals surface area contributed by atoms with Crippen molar-refractivity contribution >= 4 is 17.9 Å². The third-order valence-electron chi connectivity index (χ3n) is 5.06. The number of rotatable bonds is 5. The van der Waals surface area contributed by atoms with Gasteiger partial charge in [0.25, 0.3) is 5.56 Å². The number of methoxy groups -OCH3 is 1. The van der Waals surface area contributed by atoms with Crippen LogP contribution in [0.25, 0.3) is 17.0 Å². The van der Waals surface area contributed by atoms with Crippen molar-refractivity contribution < 1.29 is 13.9 Å². The van der Waals surface area contributed by atoms with Crippen LogP contribution in [0.2, 0.25) is 0 Å². The molecule has 156 valence electrons. The van der Waals surface area contributed by atoms with Gasteiger partial charge in [0, 0.05) is 12.6 Å². The molecule has 0 fully saturated rings. The maximum atomic E-state index is 12.9. The van der Waals surface area contributed by atoms with Crippen molar-refractivity contribution in [2.75, 3.05) is 7.11 Å². The van der Waals surface area contributed by atoms with Crippen molar-refractivity contribution in [3.63, 3.8) is 0 Å². The molecule has 0 radical (unpaired) electrons. The average molecular weight is 415 g/mol. The predicted molar refractivity (Wildman–Crippen MR) is 118 cm³/mol. The van der Waals surface area contributed by atoms with Crippen LogP contribution in [0, 0.1) is 6.92 Å². The van der Waals surface area contributed by atoms with Crippen LogP contribution in [-0.2, 0) is 11.8 Å². The molecule has 0 aliphatic heterocycles. The van der Waals surface area contributed by atoms with Crippen molar-refractivity contribution in [3.8, 4) is 17.0 Å². The lowest BCUT2D eigenvalue weighted by Gasteiger charge is -2.07. The molecule has 0 N–H and O–H groups in total. The Morgan fingerprint density at radius 1 is 1.03 bits per heavy atom. The van der Waals surface area contributed by atoms with E-state index in [1.165, 1.54) is 13.3 Å². The first kappa shape index (κ1) is 20.2. The fraction of sp³-hybridized carbons (Fsp3) is 0.125. The Balaban J connectivity index is 1.60. The second kappa shape index (κ2) is 8.31. The minimum atomic E-state index is -0.391. The van der Waals surface area contributed by atoms with Crippen LogP contribution in [0.15, 0.2) is 80.9 Å². The number of furan rings is 1. The van der Waals surface area contributed by atoms with E-state index in [4.69, 9.17) is 9.15 Å². The standard InChI is InChI=1S/C24H21N3O4/c1-16-22(23(28)27(26(16)2)19-7-5-4-6-8-19)25-15-20-13-14-21(31-20)17-9-11-18(12-10-17)24(29)30-3/h4-15H,1-3H3. The molecule has 0 amide bonds. The van der Waals surface area contributed by atoms with E-state index in [1.54, 1.807) is 39.7 Å². The maximum absolute atomic E-state index is 12.9. The van der Waals surface area contributed by atoms with Gasteiger partial charge in [0.1, 0.15) is 11.5 Å². The summed E-state index contributed by atoms with van der Waals surface area (Å²) in [5.41, 5.74) is 2.95. The van der Waals surface area contributed by atoms with Crippen molar-refractivity contribution in [1.29, 1.82) is 0 Å². The summed E-state index contributed by atoms with van der Waals surface area (Å²) >= 11 is 0. The van der Waals surface area contributed by atoms with Crippen molar-refractivity contribution in [3.05, 3.63) is 94.1 Å². The van der Waals surface area contributed by atoms with Crippen LogP contribution in [0.4, 0.5) is 5.69 Å². The number of hydrogen-bond donors (Lipinski definition) is 0. The first-order valence-corrected chi connectivity index (χ1v) is 9.66. The van der Waals surface area contributed by atoms with Gasteiger partial charge in [0.05, 0.1) is 30.3 Å². The molecule has 2 heterocycles. The molecule has 0 bridgehead atoms. The monoisotopic (exact) mass is 415 g/mol. The number of aromatic nitrogens is 2. The Morgan fingerprint density at radius 3 is 2.42 bits per heavy atom. The Bertz CT molecular complexity index is 1310. The van der Waals surface area contributed by atoms with Gasteiger partial charge in [-0.2, -0.15) is 0 Å². The van der Waals surface area contributed by atoms with E-state index in [1.807, 2.05) is 50.4 Å². The Kier molecular flexibility index (Phi) is 5.41. The molecule has 0 saturated heterocycles. The van der Waals surface area contributed by atoms with E-state index in [-0.39, 0.29) is 5.56 Å². The zero-order chi connectivity index (χ0) is 22.0. The topological polar surface area (TPSA) is 78.7 Å². The molecule has 7 heteroatoms. The number of benzene rings is 2. The number of carbonyl (C=O) groups excluding carboxylic acids is 1. The molecule has 0 saturated carbocycles. The number of esters is 1. The Hall–Kier alpha value is -4.13. The van der Waals surface area contributed by atoms with E-state index in [9.17, 15) is 9.59 Å². The Labute approximate surface area is 178 Å². The van der Waals surface area contributed by atoms with Crippen LogP contribution in [0.1, 0.15) is 21.8 Å². The highest BCUT2D eigenvalue weighted by molar-refractivity contribution is 5.90. The normalized spacial score (nSPS) is 11.2. The molecule has 31 heavy (non-hydrogen) atoms. The van der Waals surface area contributed by atoms with E-state index in [0.717, 1.165) is 16.9 Å². The number of carbonyl (C=O) groups is 1. The molecule has 0 aliphatic carbocycles. The summed E-state index contributed by atoms with van der Waals surface area (Å²) in [5.74, 6) is 0.753. The van der Waals surface area contributed by atoms with E-state index in [0.29, 0.717) is 22.8 Å². The minimum Gasteiger partial charge on any atom is -0.465 e. The van der Waals surface area contributed by atoms with Gasteiger partial charge in [-0.05, 0) is 43.3 Å².